The van der Waals surface area contributed by atoms with E-state index in [0.717, 1.165) is 33.8 Å². The second-order valence-corrected chi connectivity index (χ2v) is 14.5. The van der Waals surface area contributed by atoms with E-state index in [2.05, 4.69) is 211 Å². The zero-order valence-electron chi connectivity index (χ0n) is 30.5. The molecule has 0 spiro atoms. The number of nitrogens with zero attached hydrogens (tertiary/aromatic N) is 3. The number of hydrogen-bond donors (Lipinski definition) is 0. The number of para-hydroxylation sites is 2. The van der Waals surface area contributed by atoms with Gasteiger partial charge in [0.05, 0.1) is 27.8 Å². The molecule has 0 aliphatic heterocycles. The van der Waals surface area contributed by atoms with E-state index < -0.39 is 5.41 Å². The van der Waals surface area contributed by atoms with Crippen LogP contribution >= 0.6 is 0 Å². The van der Waals surface area contributed by atoms with Gasteiger partial charge in [-0.2, -0.15) is 0 Å². The molecule has 2 aromatic heterocycles. The maximum Gasteiger partial charge on any atom is 0.160 e. The van der Waals surface area contributed by atoms with Crippen LogP contribution in [0.3, 0.4) is 0 Å². The Kier molecular flexibility index (Phi) is 7.39. The van der Waals surface area contributed by atoms with Gasteiger partial charge in [-0.15, -0.1) is 0 Å². The van der Waals surface area contributed by atoms with Crippen LogP contribution in [0, 0.1) is 0 Å². The molecule has 56 heavy (non-hydrogen) atoms. The number of aromatic nitrogens is 3. The summed E-state index contributed by atoms with van der Waals surface area (Å²) in [5.74, 6) is 0.696. The van der Waals surface area contributed by atoms with E-state index in [0.29, 0.717) is 5.82 Å². The van der Waals surface area contributed by atoms with Crippen LogP contribution in [0.25, 0.3) is 72.5 Å². The van der Waals surface area contributed by atoms with Crippen LogP contribution in [0.2, 0.25) is 0 Å². The van der Waals surface area contributed by atoms with Crippen LogP contribution in [-0.2, 0) is 5.41 Å². The fraction of sp³-hybridized carbons (Fsp3) is 0.0189. The van der Waals surface area contributed by atoms with E-state index in [1.165, 1.54) is 55.2 Å². The molecule has 3 nitrogen and oxygen atoms in total. The smallest absolute Gasteiger partial charge is 0.160 e. The predicted octanol–water partition coefficient (Wildman–Crippen LogP) is 12.9. The van der Waals surface area contributed by atoms with Crippen LogP contribution < -0.4 is 0 Å². The van der Waals surface area contributed by atoms with Gasteiger partial charge in [0, 0.05) is 33.2 Å². The van der Waals surface area contributed by atoms with E-state index in [4.69, 9.17) is 9.97 Å². The number of benzene rings is 8. The molecule has 8 aromatic carbocycles. The first-order valence-electron chi connectivity index (χ1n) is 19.2. The summed E-state index contributed by atoms with van der Waals surface area (Å²) in [5, 5.41) is 2.48. The molecule has 11 rings (SSSR count). The molecule has 0 bridgehead atoms. The van der Waals surface area contributed by atoms with Gasteiger partial charge in [0.2, 0.25) is 0 Å². The average molecular weight is 714 g/mol. The first-order chi connectivity index (χ1) is 27.8. The lowest BCUT2D eigenvalue weighted by molar-refractivity contribution is 0.768. The van der Waals surface area contributed by atoms with Crippen molar-refractivity contribution in [1.82, 2.24) is 14.5 Å². The van der Waals surface area contributed by atoms with Crippen molar-refractivity contribution >= 4 is 21.8 Å². The zero-order valence-corrected chi connectivity index (χ0v) is 30.5. The second kappa shape index (κ2) is 12.9. The average Bonchev–Trinajstić information content (AvgIpc) is 3.78. The summed E-state index contributed by atoms with van der Waals surface area (Å²) >= 11 is 0. The van der Waals surface area contributed by atoms with Gasteiger partial charge >= 0.3 is 0 Å². The highest BCUT2D eigenvalue weighted by Crippen LogP contribution is 2.58. The number of hydrogen-bond acceptors (Lipinski definition) is 2. The Balaban J connectivity index is 1.16. The third-order valence-electron chi connectivity index (χ3n) is 11.5. The van der Waals surface area contributed by atoms with Crippen molar-refractivity contribution in [3.8, 4) is 50.7 Å². The van der Waals surface area contributed by atoms with Crippen molar-refractivity contribution < 1.29 is 0 Å². The van der Waals surface area contributed by atoms with Gasteiger partial charge in [-0.3, -0.25) is 0 Å². The van der Waals surface area contributed by atoms with Crippen LogP contribution in [0.15, 0.2) is 212 Å². The third kappa shape index (κ3) is 4.84. The van der Waals surface area contributed by atoms with E-state index in [9.17, 15) is 0 Å². The van der Waals surface area contributed by atoms with Crippen LogP contribution in [-0.4, -0.2) is 14.5 Å². The van der Waals surface area contributed by atoms with Gasteiger partial charge < -0.3 is 4.57 Å². The van der Waals surface area contributed by atoms with Gasteiger partial charge in [0.1, 0.15) is 0 Å². The molecule has 3 heteroatoms. The zero-order chi connectivity index (χ0) is 37.1. The van der Waals surface area contributed by atoms with Crippen molar-refractivity contribution in [2.75, 3.05) is 0 Å². The van der Waals surface area contributed by atoms with Gasteiger partial charge in [-0.1, -0.05) is 182 Å². The van der Waals surface area contributed by atoms with Crippen LogP contribution in [0.1, 0.15) is 22.3 Å². The molecule has 0 atom stereocenters. The Morgan fingerprint density at radius 2 is 0.893 bits per heavy atom. The summed E-state index contributed by atoms with van der Waals surface area (Å²) in [6.07, 6.45) is 0. The molecular formula is C53H35N3. The van der Waals surface area contributed by atoms with Crippen LogP contribution in [0.5, 0.6) is 0 Å². The summed E-state index contributed by atoms with van der Waals surface area (Å²) in [4.78, 5) is 10.7. The molecule has 0 radical (unpaired) electrons. The molecule has 0 fully saturated rings. The van der Waals surface area contributed by atoms with E-state index >= 15 is 0 Å². The lowest BCUT2D eigenvalue weighted by atomic mass is 9.67. The van der Waals surface area contributed by atoms with Crippen molar-refractivity contribution in [2.45, 2.75) is 5.41 Å². The van der Waals surface area contributed by atoms with E-state index in [1.54, 1.807) is 0 Å². The van der Waals surface area contributed by atoms with Crippen LogP contribution in [0.4, 0.5) is 0 Å². The Morgan fingerprint density at radius 3 is 1.59 bits per heavy atom. The molecule has 1 aliphatic carbocycles. The highest BCUT2D eigenvalue weighted by atomic mass is 15.0. The van der Waals surface area contributed by atoms with E-state index in [-0.39, 0.29) is 0 Å². The SMILES string of the molecule is c1ccc(-c2nc(-c3cccc(-n4c5ccccc5c5ccccc54)c3)cc(-c3cccc4c3-c3ccccc3C4(c3ccccc3)c3ccccc3)n2)cc1. The summed E-state index contributed by atoms with van der Waals surface area (Å²) in [5.41, 5.74) is 15.2. The maximum atomic E-state index is 5.38. The molecule has 2 heterocycles. The first kappa shape index (κ1) is 32.1. The molecule has 0 unspecified atom stereocenters. The normalized spacial score (nSPS) is 12.8. The fourth-order valence-corrected chi connectivity index (χ4v) is 9.16. The van der Waals surface area contributed by atoms with Gasteiger partial charge in [-0.25, -0.2) is 9.97 Å². The molecule has 262 valence electrons. The minimum atomic E-state index is -0.501. The Labute approximate surface area is 325 Å². The molecule has 0 N–H and O–H groups in total. The fourth-order valence-electron chi connectivity index (χ4n) is 9.16. The number of fused-ring (bicyclic) bond motifs is 6. The minimum absolute atomic E-state index is 0.501. The quantitative estimate of drug-likeness (QED) is 0.172. The summed E-state index contributed by atoms with van der Waals surface area (Å²) in [7, 11) is 0. The van der Waals surface area contributed by atoms with E-state index in [1.807, 2.05) is 6.07 Å². The molecule has 0 saturated heterocycles. The topological polar surface area (TPSA) is 30.7 Å². The number of rotatable bonds is 6. The van der Waals surface area contributed by atoms with Crippen molar-refractivity contribution in [3.63, 3.8) is 0 Å². The summed E-state index contributed by atoms with van der Waals surface area (Å²) < 4.78 is 2.36. The lowest BCUT2D eigenvalue weighted by Crippen LogP contribution is -2.28. The largest absolute Gasteiger partial charge is 0.309 e. The standard InChI is InChI=1S/C53H35N3/c1-4-18-36(19-5-1)52-54-47(37-20-16-25-40(34-37)56-49-32-14-11-26-41(49)42-27-12-15-33-50(42)56)35-48(55-52)44-29-17-31-46-51(44)43-28-10-13-30-45(43)53(46,38-21-6-2-7-22-38)39-23-8-3-9-24-39/h1-35H. The third-order valence-corrected chi connectivity index (χ3v) is 11.5. The van der Waals surface area contributed by atoms with Crippen molar-refractivity contribution in [3.05, 3.63) is 235 Å². The molecule has 1 aliphatic rings. The highest BCUT2D eigenvalue weighted by Gasteiger charge is 2.46. The van der Waals surface area contributed by atoms with Gasteiger partial charge in [0.15, 0.2) is 5.82 Å². The lowest BCUT2D eigenvalue weighted by Gasteiger charge is -2.33. The summed E-state index contributed by atoms with van der Waals surface area (Å²) in [6, 6.07) is 76.1. The van der Waals surface area contributed by atoms with Crippen molar-refractivity contribution in [1.29, 1.82) is 0 Å². The predicted molar refractivity (Wildman–Crippen MR) is 230 cm³/mol. The molecule has 10 aromatic rings. The molecule has 0 amide bonds. The molecular weight excluding hydrogens is 679 g/mol. The van der Waals surface area contributed by atoms with Crippen molar-refractivity contribution in [2.24, 2.45) is 0 Å². The minimum Gasteiger partial charge on any atom is -0.309 e. The van der Waals surface area contributed by atoms with Gasteiger partial charge in [-0.05, 0) is 63.7 Å². The second-order valence-electron chi connectivity index (χ2n) is 14.5. The maximum absolute atomic E-state index is 5.38. The Hall–Kier alpha value is -7.36. The summed E-state index contributed by atoms with van der Waals surface area (Å²) in [6.45, 7) is 0. The Bertz CT molecular complexity index is 2980. The highest BCUT2D eigenvalue weighted by molar-refractivity contribution is 6.09. The monoisotopic (exact) mass is 713 g/mol. The van der Waals surface area contributed by atoms with Gasteiger partial charge in [0.25, 0.3) is 0 Å². The molecule has 0 saturated carbocycles. The Morgan fingerprint density at radius 1 is 0.375 bits per heavy atom. The first-order valence-corrected chi connectivity index (χ1v) is 19.2.